The minimum Gasteiger partial charge on any atom is -0.456 e. The van der Waals surface area contributed by atoms with Gasteiger partial charge in [-0.05, 0) is 40.1 Å². The molecule has 0 saturated heterocycles. The van der Waals surface area contributed by atoms with Crippen LogP contribution >= 0.6 is 0 Å². The van der Waals surface area contributed by atoms with Gasteiger partial charge in [-0.25, -0.2) is 15.0 Å². The second kappa shape index (κ2) is 9.54. The minimum atomic E-state index is 0.613. The van der Waals surface area contributed by atoms with E-state index in [1.165, 1.54) is 0 Å². The van der Waals surface area contributed by atoms with E-state index in [2.05, 4.69) is 78.9 Å². The van der Waals surface area contributed by atoms with Gasteiger partial charge in [0.2, 0.25) is 0 Å². The van der Waals surface area contributed by atoms with E-state index in [0.717, 1.165) is 60.5 Å². The minimum absolute atomic E-state index is 0.613. The van der Waals surface area contributed by atoms with Gasteiger partial charge in [-0.3, -0.25) is 0 Å². The van der Waals surface area contributed by atoms with E-state index in [1.54, 1.807) is 0 Å². The van der Waals surface area contributed by atoms with E-state index in [0.29, 0.717) is 17.5 Å². The van der Waals surface area contributed by atoms with Crippen molar-refractivity contribution in [2.75, 3.05) is 0 Å². The Morgan fingerprint density at radius 1 is 0.390 bits per heavy atom. The van der Waals surface area contributed by atoms with Gasteiger partial charge in [0.05, 0.1) is 0 Å². The third kappa shape index (κ3) is 4.05. The highest BCUT2D eigenvalue weighted by Crippen LogP contribution is 2.38. The van der Waals surface area contributed by atoms with Crippen molar-refractivity contribution in [1.82, 2.24) is 15.0 Å². The molecule has 0 N–H and O–H groups in total. The molecular formula is C37H23N3O. The molecule has 0 amide bonds. The summed E-state index contributed by atoms with van der Waals surface area (Å²) in [4.78, 5) is 15.1. The Morgan fingerprint density at radius 3 is 1.85 bits per heavy atom. The average molecular weight is 526 g/mol. The first-order valence-corrected chi connectivity index (χ1v) is 13.6. The van der Waals surface area contributed by atoms with Gasteiger partial charge in [-0.15, -0.1) is 0 Å². The summed E-state index contributed by atoms with van der Waals surface area (Å²) >= 11 is 0. The van der Waals surface area contributed by atoms with Gasteiger partial charge in [-0.2, -0.15) is 0 Å². The van der Waals surface area contributed by atoms with Crippen molar-refractivity contribution in [2.45, 2.75) is 0 Å². The van der Waals surface area contributed by atoms with Crippen LogP contribution in [0.3, 0.4) is 0 Å². The molecule has 0 aliphatic rings. The molecule has 4 heteroatoms. The van der Waals surface area contributed by atoms with E-state index in [9.17, 15) is 0 Å². The highest BCUT2D eigenvalue weighted by atomic mass is 16.3. The van der Waals surface area contributed by atoms with Gasteiger partial charge >= 0.3 is 0 Å². The van der Waals surface area contributed by atoms with E-state index in [4.69, 9.17) is 19.4 Å². The predicted octanol–water partition coefficient (Wildman–Crippen LogP) is 9.59. The Balaban J connectivity index is 1.37. The van der Waals surface area contributed by atoms with Gasteiger partial charge in [0.1, 0.15) is 11.2 Å². The third-order valence-electron chi connectivity index (χ3n) is 7.54. The molecule has 2 aromatic heterocycles. The van der Waals surface area contributed by atoms with Crippen LogP contribution in [0.5, 0.6) is 0 Å². The molecule has 0 bridgehead atoms. The Bertz CT molecular complexity index is 2200. The Kier molecular flexibility index (Phi) is 5.42. The second-order valence-electron chi connectivity index (χ2n) is 10.1. The molecular weight excluding hydrogens is 502 g/mol. The van der Waals surface area contributed by atoms with Crippen LogP contribution in [0.2, 0.25) is 0 Å². The maximum Gasteiger partial charge on any atom is 0.164 e. The topological polar surface area (TPSA) is 51.8 Å². The number of nitrogens with zero attached hydrogens (tertiary/aromatic N) is 3. The molecule has 2 heterocycles. The molecule has 41 heavy (non-hydrogen) atoms. The largest absolute Gasteiger partial charge is 0.456 e. The molecule has 0 spiro atoms. The lowest BCUT2D eigenvalue weighted by atomic mass is 10.0. The SMILES string of the molecule is c1ccc(-c2ccc3c(c2)oc2cccc(-c4nc(-c5ccccc5)nc(-c5cccc6ccccc56)n4)c23)cc1. The Morgan fingerprint density at radius 2 is 1.02 bits per heavy atom. The van der Waals surface area contributed by atoms with Crippen molar-refractivity contribution in [1.29, 1.82) is 0 Å². The molecule has 0 atom stereocenters. The normalized spacial score (nSPS) is 11.4. The molecule has 0 aliphatic carbocycles. The monoisotopic (exact) mass is 525 g/mol. The van der Waals surface area contributed by atoms with Crippen LogP contribution in [0, 0.1) is 0 Å². The summed E-state index contributed by atoms with van der Waals surface area (Å²) < 4.78 is 6.39. The van der Waals surface area contributed by atoms with Crippen LogP contribution in [0.15, 0.2) is 144 Å². The highest BCUT2D eigenvalue weighted by molar-refractivity contribution is 6.12. The third-order valence-corrected chi connectivity index (χ3v) is 7.54. The van der Waals surface area contributed by atoms with Gasteiger partial charge in [0.15, 0.2) is 17.5 Å². The summed E-state index contributed by atoms with van der Waals surface area (Å²) in [6.45, 7) is 0. The lowest BCUT2D eigenvalue weighted by molar-refractivity contribution is 0.669. The molecule has 0 fully saturated rings. The van der Waals surface area contributed by atoms with Crippen LogP contribution in [-0.4, -0.2) is 15.0 Å². The summed E-state index contributed by atoms with van der Waals surface area (Å²) in [6, 6.07) is 47.5. The van der Waals surface area contributed by atoms with Gasteiger partial charge in [0, 0.05) is 27.5 Å². The fourth-order valence-corrected chi connectivity index (χ4v) is 5.58. The highest BCUT2D eigenvalue weighted by Gasteiger charge is 2.18. The van der Waals surface area contributed by atoms with Crippen molar-refractivity contribution in [3.8, 4) is 45.3 Å². The van der Waals surface area contributed by atoms with Crippen molar-refractivity contribution < 1.29 is 4.42 Å². The van der Waals surface area contributed by atoms with Gasteiger partial charge in [-0.1, -0.05) is 121 Å². The quantitative estimate of drug-likeness (QED) is 0.230. The molecule has 4 nitrogen and oxygen atoms in total. The number of aromatic nitrogens is 3. The Hall–Kier alpha value is -5.61. The molecule has 0 aliphatic heterocycles. The number of hydrogen-bond acceptors (Lipinski definition) is 4. The summed E-state index contributed by atoms with van der Waals surface area (Å²) in [5.41, 5.74) is 6.73. The van der Waals surface area contributed by atoms with Crippen LogP contribution in [-0.2, 0) is 0 Å². The summed E-state index contributed by atoms with van der Waals surface area (Å²) in [5.74, 6) is 1.89. The zero-order valence-corrected chi connectivity index (χ0v) is 22.0. The standard InChI is InChI=1S/C37H23N3O/c1-3-11-24(12-4-1)27-21-22-30-33(23-27)41-32-20-10-19-31(34(30)32)37-39-35(26-14-5-2-6-15-26)38-36(40-37)29-18-9-16-25-13-7-8-17-28(25)29/h1-23H. The summed E-state index contributed by atoms with van der Waals surface area (Å²) in [7, 11) is 0. The smallest absolute Gasteiger partial charge is 0.164 e. The van der Waals surface area contributed by atoms with Crippen molar-refractivity contribution >= 4 is 32.7 Å². The molecule has 0 unspecified atom stereocenters. The van der Waals surface area contributed by atoms with E-state index < -0.39 is 0 Å². The van der Waals surface area contributed by atoms with Gasteiger partial charge < -0.3 is 4.42 Å². The maximum atomic E-state index is 6.39. The van der Waals surface area contributed by atoms with Crippen LogP contribution < -0.4 is 0 Å². The zero-order chi connectivity index (χ0) is 27.2. The van der Waals surface area contributed by atoms with Crippen LogP contribution in [0.25, 0.3) is 78.0 Å². The number of hydrogen-bond donors (Lipinski definition) is 0. The second-order valence-corrected chi connectivity index (χ2v) is 10.1. The van der Waals surface area contributed by atoms with Crippen LogP contribution in [0.4, 0.5) is 0 Å². The number of fused-ring (bicyclic) bond motifs is 4. The molecule has 192 valence electrons. The van der Waals surface area contributed by atoms with Crippen molar-refractivity contribution in [2.24, 2.45) is 0 Å². The van der Waals surface area contributed by atoms with Gasteiger partial charge in [0.25, 0.3) is 0 Å². The van der Waals surface area contributed by atoms with E-state index >= 15 is 0 Å². The lowest BCUT2D eigenvalue weighted by Crippen LogP contribution is -2.00. The van der Waals surface area contributed by atoms with Crippen molar-refractivity contribution in [3.63, 3.8) is 0 Å². The molecule has 0 radical (unpaired) electrons. The lowest BCUT2D eigenvalue weighted by Gasteiger charge is -2.11. The number of rotatable bonds is 4. The van der Waals surface area contributed by atoms with E-state index in [1.807, 2.05) is 60.7 Å². The predicted molar refractivity (Wildman–Crippen MR) is 166 cm³/mol. The average Bonchev–Trinajstić information content (AvgIpc) is 3.43. The number of benzene rings is 6. The summed E-state index contributed by atoms with van der Waals surface area (Å²) in [5, 5.41) is 4.27. The maximum absolute atomic E-state index is 6.39. The fourth-order valence-electron chi connectivity index (χ4n) is 5.58. The molecule has 6 aromatic carbocycles. The van der Waals surface area contributed by atoms with Crippen molar-refractivity contribution in [3.05, 3.63) is 140 Å². The molecule has 8 rings (SSSR count). The zero-order valence-electron chi connectivity index (χ0n) is 22.0. The first-order valence-electron chi connectivity index (χ1n) is 13.6. The van der Waals surface area contributed by atoms with E-state index in [-0.39, 0.29) is 0 Å². The fraction of sp³-hybridized carbons (Fsp3) is 0. The Labute approximate surface area is 236 Å². The van der Waals surface area contributed by atoms with Crippen LogP contribution in [0.1, 0.15) is 0 Å². The molecule has 0 saturated carbocycles. The first-order chi connectivity index (χ1) is 20.3. The summed E-state index contributed by atoms with van der Waals surface area (Å²) in [6.07, 6.45) is 0. The first kappa shape index (κ1) is 23.3. The molecule has 8 aromatic rings. The number of furan rings is 1.